The van der Waals surface area contributed by atoms with Crippen molar-refractivity contribution in [2.75, 3.05) is 0 Å². The van der Waals surface area contributed by atoms with Gasteiger partial charge in [0.25, 0.3) is 0 Å². The van der Waals surface area contributed by atoms with Crippen LogP contribution in [0, 0.1) is 17.5 Å². The minimum absolute atomic E-state index is 0.249. The van der Waals surface area contributed by atoms with Crippen molar-refractivity contribution in [3.05, 3.63) is 35.1 Å². The molecule has 0 fully saturated rings. The van der Waals surface area contributed by atoms with Crippen molar-refractivity contribution in [3.63, 3.8) is 0 Å². The normalized spacial score (nSPS) is 12.3. The number of benzene rings is 1. The van der Waals surface area contributed by atoms with Gasteiger partial charge in [0.2, 0.25) is 12.0 Å². The molecule has 0 amide bonds. The van der Waals surface area contributed by atoms with E-state index in [2.05, 4.69) is 0 Å². The fourth-order valence-electron chi connectivity index (χ4n) is 1.23. The van der Waals surface area contributed by atoms with E-state index in [9.17, 15) is 27.2 Å². The maximum absolute atomic E-state index is 13.2. The molecule has 0 aliphatic heterocycles. The third kappa shape index (κ3) is 2.69. The molecule has 0 saturated carbocycles. The van der Waals surface area contributed by atoms with Gasteiger partial charge in [0.15, 0.2) is 5.78 Å². The number of ketones is 2. The second-order valence-electron chi connectivity index (χ2n) is 3.29. The minimum Gasteiger partial charge on any atom is -0.296 e. The summed E-state index contributed by atoms with van der Waals surface area (Å²) in [6.07, 6.45) is -2.91. The molecule has 1 aromatic carbocycles. The van der Waals surface area contributed by atoms with Crippen LogP contribution in [-0.2, 0) is 4.79 Å². The Bertz CT molecular complexity index is 448. The monoisotopic (exact) mass is 248 g/mol. The predicted molar refractivity (Wildman–Crippen MR) is 50.8 cm³/mol. The fraction of sp³-hybridized carbons (Fsp3) is 0.273. The molecule has 6 heteroatoms. The molecule has 1 unspecified atom stereocenters. The zero-order valence-corrected chi connectivity index (χ0v) is 8.77. The molecule has 0 heterocycles. The molecule has 0 aromatic heterocycles. The Morgan fingerprint density at radius 1 is 1.18 bits per heavy atom. The smallest absolute Gasteiger partial charge is 0.221 e. The standard InChI is InChI=1S/C11H8F4O2/c1-2-8(16)10(15)11(17)9-6(13)3-5(12)4-7(9)14/h3-4,10H,2H2,1H3. The number of Topliss-reactive ketones (excluding diaryl/α,β-unsaturated/α-hetero) is 2. The molecule has 0 N–H and O–H groups in total. The minimum atomic E-state index is -2.63. The van der Waals surface area contributed by atoms with Gasteiger partial charge in [0, 0.05) is 18.6 Å². The van der Waals surface area contributed by atoms with Crippen LogP contribution in [0.2, 0.25) is 0 Å². The average molecular weight is 248 g/mol. The molecule has 0 spiro atoms. The lowest BCUT2D eigenvalue weighted by atomic mass is 10.0. The Labute approximate surface area is 94.2 Å². The summed E-state index contributed by atoms with van der Waals surface area (Å²) in [5, 5.41) is 0. The van der Waals surface area contributed by atoms with Crippen molar-refractivity contribution < 1.29 is 27.2 Å². The maximum Gasteiger partial charge on any atom is 0.221 e. The highest BCUT2D eigenvalue weighted by molar-refractivity contribution is 6.13. The summed E-state index contributed by atoms with van der Waals surface area (Å²) in [7, 11) is 0. The number of carbonyl (C=O) groups is 2. The molecule has 0 aliphatic rings. The van der Waals surface area contributed by atoms with Crippen LogP contribution in [0.4, 0.5) is 17.6 Å². The Morgan fingerprint density at radius 2 is 1.65 bits per heavy atom. The van der Waals surface area contributed by atoms with Crippen LogP contribution >= 0.6 is 0 Å². The van der Waals surface area contributed by atoms with Crippen molar-refractivity contribution in [2.24, 2.45) is 0 Å². The van der Waals surface area contributed by atoms with Crippen LogP contribution in [0.15, 0.2) is 12.1 Å². The fourth-order valence-corrected chi connectivity index (χ4v) is 1.23. The quantitative estimate of drug-likeness (QED) is 0.466. The molecule has 0 aliphatic carbocycles. The second-order valence-corrected chi connectivity index (χ2v) is 3.29. The molecule has 1 rings (SSSR count). The molecule has 1 atom stereocenters. The lowest BCUT2D eigenvalue weighted by Crippen LogP contribution is -2.27. The first-order valence-electron chi connectivity index (χ1n) is 4.74. The topological polar surface area (TPSA) is 34.1 Å². The van der Waals surface area contributed by atoms with Gasteiger partial charge in [-0.05, 0) is 0 Å². The van der Waals surface area contributed by atoms with Crippen LogP contribution in [0.25, 0.3) is 0 Å². The van der Waals surface area contributed by atoms with Gasteiger partial charge in [-0.15, -0.1) is 0 Å². The molecule has 0 bridgehead atoms. The van der Waals surface area contributed by atoms with E-state index in [0.29, 0.717) is 0 Å². The lowest BCUT2D eigenvalue weighted by molar-refractivity contribution is -0.121. The molecular formula is C11H8F4O2. The highest BCUT2D eigenvalue weighted by Gasteiger charge is 2.30. The number of halogens is 4. The summed E-state index contributed by atoms with van der Waals surface area (Å²) < 4.78 is 52.0. The van der Waals surface area contributed by atoms with Gasteiger partial charge >= 0.3 is 0 Å². The SMILES string of the molecule is CCC(=O)C(F)C(=O)c1c(F)cc(F)cc1F. The van der Waals surface area contributed by atoms with Gasteiger partial charge < -0.3 is 0 Å². The van der Waals surface area contributed by atoms with Crippen LogP contribution in [0.3, 0.4) is 0 Å². The molecule has 2 nitrogen and oxygen atoms in total. The summed E-state index contributed by atoms with van der Waals surface area (Å²) >= 11 is 0. The van der Waals surface area contributed by atoms with Crippen molar-refractivity contribution in [1.29, 1.82) is 0 Å². The maximum atomic E-state index is 13.2. The van der Waals surface area contributed by atoms with Crippen LogP contribution in [-0.4, -0.2) is 17.7 Å². The van der Waals surface area contributed by atoms with E-state index in [1.165, 1.54) is 6.92 Å². The largest absolute Gasteiger partial charge is 0.296 e. The van der Waals surface area contributed by atoms with Crippen LogP contribution in [0.1, 0.15) is 23.7 Å². The predicted octanol–water partition coefficient (Wildman–Crippen LogP) is 2.60. The average Bonchev–Trinajstić information content (AvgIpc) is 2.25. The summed E-state index contributed by atoms with van der Waals surface area (Å²) in [6.45, 7) is 1.31. The number of rotatable bonds is 4. The molecule has 1 aromatic rings. The summed E-state index contributed by atoms with van der Waals surface area (Å²) in [6, 6.07) is 0.499. The van der Waals surface area contributed by atoms with Crippen molar-refractivity contribution in [1.82, 2.24) is 0 Å². The Kier molecular flexibility index (Phi) is 3.98. The zero-order chi connectivity index (χ0) is 13.2. The summed E-state index contributed by atoms with van der Waals surface area (Å²) in [4.78, 5) is 22.2. The van der Waals surface area contributed by atoms with E-state index in [-0.39, 0.29) is 18.6 Å². The Morgan fingerprint density at radius 3 is 2.06 bits per heavy atom. The highest BCUT2D eigenvalue weighted by atomic mass is 19.2. The lowest BCUT2D eigenvalue weighted by Gasteiger charge is -2.07. The summed E-state index contributed by atoms with van der Waals surface area (Å²) in [5.41, 5.74) is -1.24. The van der Waals surface area contributed by atoms with E-state index in [0.717, 1.165) is 0 Å². The van der Waals surface area contributed by atoms with Gasteiger partial charge in [0.05, 0.1) is 5.56 Å². The molecule has 0 radical (unpaired) electrons. The first-order chi connectivity index (χ1) is 7.88. The molecular weight excluding hydrogens is 240 g/mol. The van der Waals surface area contributed by atoms with Gasteiger partial charge in [-0.25, -0.2) is 17.6 Å². The molecule has 92 valence electrons. The van der Waals surface area contributed by atoms with E-state index < -0.39 is 40.8 Å². The molecule has 17 heavy (non-hydrogen) atoms. The van der Waals surface area contributed by atoms with Crippen molar-refractivity contribution in [3.8, 4) is 0 Å². The first-order valence-corrected chi connectivity index (χ1v) is 4.74. The number of hydrogen-bond acceptors (Lipinski definition) is 2. The Hall–Kier alpha value is -1.72. The zero-order valence-electron chi connectivity index (χ0n) is 8.77. The van der Waals surface area contributed by atoms with E-state index in [4.69, 9.17) is 0 Å². The van der Waals surface area contributed by atoms with Gasteiger partial charge in [-0.3, -0.25) is 9.59 Å². The summed E-state index contributed by atoms with van der Waals surface area (Å²) in [5.74, 6) is -7.00. The third-order valence-electron chi connectivity index (χ3n) is 2.11. The number of hydrogen-bond donors (Lipinski definition) is 0. The Balaban J connectivity index is 3.17. The second kappa shape index (κ2) is 5.07. The molecule has 0 saturated heterocycles. The number of alkyl halides is 1. The first kappa shape index (κ1) is 13.3. The van der Waals surface area contributed by atoms with Gasteiger partial charge in [-0.1, -0.05) is 6.92 Å². The van der Waals surface area contributed by atoms with Gasteiger partial charge in [-0.2, -0.15) is 0 Å². The van der Waals surface area contributed by atoms with Crippen molar-refractivity contribution >= 4 is 11.6 Å². The van der Waals surface area contributed by atoms with Crippen LogP contribution < -0.4 is 0 Å². The van der Waals surface area contributed by atoms with Crippen molar-refractivity contribution in [2.45, 2.75) is 19.5 Å². The third-order valence-corrected chi connectivity index (χ3v) is 2.11. The highest BCUT2D eigenvalue weighted by Crippen LogP contribution is 2.18. The number of carbonyl (C=O) groups excluding carboxylic acids is 2. The van der Waals surface area contributed by atoms with Gasteiger partial charge in [0.1, 0.15) is 17.5 Å². The van der Waals surface area contributed by atoms with E-state index in [1.54, 1.807) is 0 Å². The van der Waals surface area contributed by atoms with E-state index in [1.807, 2.05) is 0 Å². The van der Waals surface area contributed by atoms with E-state index >= 15 is 0 Å². The van der Waals surface area contributed by atoms with Crippen LogP contribution in [0.5, 0.6) is 0 Å².